The van der Waals surface area contributed by atoms with Gasteiger partial charge >= 0.3 is 0 Å². The molecule has 0 unspecified atom stereocenters. The molecule has 3 aromatic carbocycles. The zero-order valence-corrected chi connectivity index (χ0v) is 20.9. The second-order valence-electron chi connectivity index (χ2n) is 8.44. The summed E-state index contributed by atoms with van der Waals surface area (Å²) >= 11 is 0. The van der Waals surface area contributed by atoms with E-state index in [1.54, 1.807) is 42.3 Å². The quantitative estimate of drug-likeness (QED) is 0.494. The molecule has 0 saturated heterocycles. The predicted octanol–water partition coefficient (Wildman–Crippen LogP) is 4.66. The molecule has 0 aromatic heterocycles. The SMILES string of the molecule is CC[C@@H]1Oc2ccc(NC(=O)c3cc(OC)cc(OC)c3)cc2CN(Cc2ccc(OC)cc2)C1=O. The molecule has 1 aliphatic rings. The Morgan fingerprint density at radius 3 is 2.22 bits per heavy atom. The van der Waals surface area contributed by atoms with Crippen LogP contribution in [-0.2, 0) is 17.9 Å². The minimum Gasteiger partial charge on any atom is -0.497 e. The first kappa shape index (κ1) is 24.9. The van der Waals surface area contributed by atoms with Gasteiger partial charge in [-0.1, -0.05) is 19.1 Å². The number of rotatable bonds is 8. The van der Waals surface area contributed by atoms with Crippen LogP contribution in [-0.4, -0.2) is 44.1 Å². The summed E-state index contributed by atoms with van der Waals surface area (Å²) in [6.07, 6.45) is -0.0257. The number of benzene rings is 3. The molecule has 188 valence electrons. The number of ether oxygens (including phenoxy) is 4. The zero-order chi connectivity index (χ0) is 25.7. The Hall–Kier alpha value is -4.20. The van der Waals surface area contributed by atoms with Crippen LogP contribution in [0.25, 0.3) is 0 Å². The first-order valence-electron chi connectivity index (χ1n) is 11.7. The lowest BCUT2D eigenvalue weighted by Gasteiger charge is -2.23. The zero-order valence-electron chi connectivity index (χ0n) is 20.9. The van der Waals surface area contributed by atoms with Crippen molar-refractivity contribution in [2.24, 2.45) is 0 Å². The highest BCUT2D eigenvalue weighted by atomic mass is 16.5. The van der Waals surface area contributed by atoms with Crippen LogP contribution in [0.5, 0.6) is 23.0 Å². The van der Waals surface area contributed by atoms with E-state index in [0.717, 1.165) is 16.9 Å². The number of fused-ring (bicyclic) bond motifs is 1. The van der Waals surface area contributed by atoms with E-state index in [1.807, 2.05) is 37.3 Å². The van der Waals surface area contributed by atoms with Gasteiger partial charge in [-0.25, -0.2) is 0 Å². The first-order valence-corrected chi connectivity index (χ1v) is 11.7. The Bertz CT molecular complexity index is 1220. The topological polar surface area (TPSA) is 86.3 Å². The van der Waals surface area contributed by atoms with Crippen molar-refractivity contribution in [1.82, 2.24) is 4.90 Å². The standard InChI is InChI=1S/C28H30N2O6/c1-5-25-28(32)30(16-18-6-9-22(33-2)10-7-18)17-20-12-21(8-11-26(20)36-25)29-27(31)19-13-23(34-3)15-24(14-19)35-4/h6-15,25H,5,16-17H2,1-4H3,(H,29,31)/t25-/m0/s1. The molecular formula is C28H30N2O6. The summed E-state index contributed by atoms with van der Waals surface area (Å²) in [6.45, 7) is 2.71. The van der Waals surface area contributed by atoms with Crippen molar-refractivity contribution < 1.29 is 28.5 Å². The van der Waals surface area contributed by atoms with E-state index in [0.29, 0.717) is 48.0 Å². The Kier molecular flexibility index (Phi) is 7.63. The molecule has 0 bridgehead atoms. The highest BCUT2D eigenvalue weighted by molar-refractivity contribution is 6.05. The number of nitrogens with one attached hydrogen (secondary N) is 1. The van der Waals surface area contributed by atoms with Gasteiger partial charge in [-0.15, -0.1) is 0 Å². The Balaban J connectivity index is 1.57. The summed E-state index contributed by atoms with van der Waals surface area (Å²) in [5.74, 6) is 2.06. The number of carbonyl (C=O) groups excluding carboxylic acids is 2. The largest absolute Gasteiger partial charge is 0.497 e. The second kappa shape index (κ2) is 11.0. The number of carbonyl (C=O) groups is 2. The summed E-state index contributed by atoms with van der Waals surface area (Å²) < 4.78 is 21.8. The Labute approximate surface area is 210 Å². The molecule has 0 fully saturated rings. The third kappa shape index (κ3) is 5.54. The van der Waals surface area contributed by atoms with Gasteiger partial charge in [0.1, 0.15) is 23.0 Å². The molecule has 0 aliphatic carbocycles. The third-order valence-electron chi connectivity index (χ3n) is 6.05. The summed E-state index contributed by atoms with van der Waals surface area (Å²) in [5.41, 5.74) is 2.79. The number of methoxy groups -OCH3 is 3. The van der Waals surface area contributed by atoms with Gasteiger partial charge in [-0.3, -0.25) is 9.59 Å². The van der Waals surface area contributed by atoms with Gasteiger partial charge in [0.25, 0.3) is 11.8 Å². The molecule has 4 rings (SSSR count). The smallest absolute Gasteiger partial charge is 0.264 e. The molecule has 36 heavy (non-hydrogen) atoms. The highest BCUT2D eigenvalue weighted by Gasteiger charge is 2.30. The van der Waals surface area contributed by atoms with Crippen LogP contribution < -0.4 is 24.3 Å². The lowest BCUT2D eigenvalue weighted by molar-refractivity contribution is -0.139. The number of amides is 2. The van der Waals surface area contributed by atoms with Crippen LogP contribution >= 0.6 is 0 Å². The van der Waals surface area contributed by atoms with E-state index in [9.17, 15) is 9.59 Å². The monoisotopic (exact) mass is 490 g/mol. The van der Waals surface area contributed by atoms with E-state index in [2.05, 4.69) is 5.32 Å². The maximum absolute atomic E-state index is 13.2. The van der Waals surface area contributed by atoms with Crippen molar-refractivity contribution in [3.63, 3.8) is 0 Å². The Morgan fingerprint density at radius 2 is 1.61 bits per heavy atom. The van der Waals surface area contributed by atoms with E-state index in [4.69, 9.17) is 18.9 Å². The number of anilines is 1. The summed E-state index contributed by atoms with van der Waals surface area (Å²) in [5, 5.41) is 2.92. The highest BCUT2D eigenvalue weighted by Crippen LogP contribution is 2.31. The van der Waals surface area contributed by atoms with Crippen molar-refractivity contribution in [3.05, 3.63) is 77.4 Å². The molecule has 0 spiro atoms. The maximum Gasteiger partial charge on any atom is 0.264 e. The molecule has 1 N–H and O–H groups in total. The predicted molar refractivity (Wildman–Crippen MR) is 136 cm³/mol. The first-order chi connectivity index (χ1) is 17.4. The molecule has 2 amide bonds. The van der Waals surface area contributed by atoms with Crippen LogP contribution in [0.2, 0.25) is 0 Å². The molecule has 1 atom stereocenters. The molecule has 8 heteroatoms. The van der Waals surface area contributed by atoms with Gasteiger partial charge in [-0.05, 0) is 54.4 Å². The van der Waals surface area contributed by atoms with Crippen LogP contribution in [0, 0.1) is 0 Å². The minimum atomic E-state index is -0.575. The van der Waals surface area contributed by atoms with E-state index in [-0.39, 0.29) is 11.8 Å². The molecule has 1 heterocycles. The molecular weight excluding hydrogens is 460 g/mol. The van der Waals surface area contributed by atoms with Gasteiger partial charge in [0, 0.05) is 36.0 Å². The normalized spacial score (nSPS) is 14.8. The maximum atomic E-state index is 13.2. The van der Waals surface area contributed by atoms with Crippen molar-refractivity contribution in [2.75, 3.05) is 26.6 Å². The lowest BCUT2D eigenvalue weighted by Crippen LogP contribution is -2.38. The number of nitrogens with zero attached hydrogens (tertiary/aromatic N) is 1. The average molecular weight is 491 g/mol. The van der Waals surface area contributed by atoms with Crippen LogP contribution in [0.4, 0.5) is 5.69 Å². The average Bonchev–Trinajstić information content (AvgIpc) is 3.04. The van der Waals surface area contributed by atoms with E-state index >= 15 is 0 Å². The fourth-order valence-corrected chi connectivity index (χ4v) is 4.07. The van der Waals surface area contributed by atoms with Crippen molar-refractivity contribution in [1.29, 1.82) is 0 Å². The Morgan fingerprint density at radius 1 is 0.944 bits per heavy atom. The summed E-state index contributed by atoms with van der Waals surface area (Å²) in [6, 6.07) is 18.0. The van der Waals surface area contributed by atoms with Crippen molar-refractivity contribution in [2.45, 2.75) is 32.5 Å². The fourth-order valence-electron chi connectivity index (χ4n) is 4.07. The summed E-state index contributed by atoms with van der Waals surface area (Å²) in [7, 11) is 4.69. The molecule has 0 radical (unpaired) electrons. The molecule has 8 nitrogen and oxygen atoms in total. The fraction of sp³-hybridized carbons (Fsp3) is 0.286. The van der Waals surface area contributed by atoms with E-state index in [1.165, 1.54) is 14.2 Å². The van der Waals surface area contributed by atoms with Crippen LogP contribution in [0.1, 0.15) is 34.8 Å². The molecule has 1 aliphatic heterocycles. The minimum absolute atomic E-state index is 0.0708. The summed E-state index contributed by atoms with van der Waals surface area (Å²) in [4.78, 5) is 28.0. The van der Waals surface area contributed by atoms with Crippen molar-refractivity contribution >= 4 is 17.5 Å². The van der Waals surface area contributed by atoms with E-state index < -0.39 is 6.10 Å². The second-order valence-corrected chi connectivity index (χ2v) is 8.44. The van der Waals surface area contributed by atoms with Crippen LogP contribution in [0.3, 0.4) is 0 Å². The van der Waals surface area contributed by atoms with Gasteiger partial charge < -0.3 is 29.2 Å². The third-order valence-corrected chi connectivity index (χ3v) is 6.05. The van der Waals surface area contributed by atoms with Gasteiger partial charge in [0.15, 0.2) is 6.10 Å². The lowest BCUT2D eigenvalue weighted by atomic mass is 10.1. The number of hydrogen-bond acceptors (Lipinski definition) is 6. The molecule has 3 aromatic rings. The van der Waals surface area contributed by atoms with Gasteiger partial charge in [-0.2, -0.15) is 0 Å². The van der Waals surface area contributed by atoms with Crippen LogP contribution in [0.15, 0.2) is 60.7 Å². The van der Waals surface area contributed by atoms with Gasteiger partial charge in [0.05, 0.1) is 21.3 Å². The van der Waals surface area contributed by atoms with Gasteiger partial charge in [0.2, 0.25) is 0 Å². The molecule has 0 saturated carbocycles. The van der Waals surface area contributed by atoms with Crippen molar-refractivity contribution in [3.8, 4) is 23.0 Å². The number of hydrogen-bond donors (Lipinski definition) is 1.